The second kappa shape index (κ2) is 10.9. The fourth-order valence-electron chi connectivity index (χ4n) is 4.80. The summed E-state index contributed by atoms with van der Waals surface area (Å²) < 4.78 is 18.6. The van der Waals surface area contributed by atoms with Gasteiger partial charge < -0.3 is 28.9 Å². The molecule has 8 nitrogen and oxygen atoms in total. The van der Waals surface area contributed by atoms with E-state index >= 15 is 0 Å². The van der Waals surface area contributed by atoms with Gasteiger partial charge in [0.05, 0.1) is 12.7 Å². The number of carbonyl (C=O) groups excluding carboxylic acids is 1. The minimum Gasteiger partial charge on any atom is -0.507 e. The summed E-state index contributed by atoms with van der Waals surface area (Å²) in [4.78, 5) is 25.7. The number of rotatable bonds is 8. The number of aromatic nitrogens is 1. The molecule has 0 radical (unpaired) electrons. The van der Waals surface area contributed by atoms with Crippen molar-refractivity contribution in [1.82, 2.24) is 4.57 Å². The van der Waals surface area contributed by atoms with Crippen LogP contribution in [0.25, 0.3) is 33.0 Å². The van der Waals surface area contributed by atoms with E-state index in [9.17, 15) is 14.7 Å². The minimum absolute atomic E-state index is 0.0302. The van der Waals surface area contributed by atoms with Crippen LogP contribution in [-0.4, -0.2) is 29.3 Å². The summed E-state index contributed by atoms with van der Waals surface area (Å²) in [5.74, 6) is 0.182. The Morgan fingerprint density at radius 1 is 0.951 bits per heavy atom. The number of methoxy groups -OCH3 is 1. The van der Waals surface area contributed by atoms with Gasteiger partial charge in [-0.05, 0) is 47.5 Å². The molecule has 0 spiro atoms. The lowest BCUT2D eigenvalue weighted by atomic mass is 10.0. The summed E-state index contributed by atoms with van der Waals surface area (Å²) in [6.07, 6.45) is 3.36. The zero-order chi connectivity index (χ0) is 28.3. The topological polar surface area (TPSA) is 103 Å². The normalized spacial score (nSPS) is 11.0. The second-order valence-corrected chi connectivity index (χ2v) is 9.56. The maximum absolute atomic E-state index is 13.1. The number of amides is 1. The van der Waals surface area contributed by atoms with Gasteiger partial charge in [0.15, 0.2) is 6.61 Å². The second-order valence-electron chi connectivity index (χ2n) is 9.56. The third-order valence-corrected chi connectivity index (χ3v) is 6.85. The monoisotopic (exact) mass is 546 g/mol. The number of benzene rings is 4. The van der Waals surface area contributed by atoms with Crippen LogP contribution in [0.2, 0.25) is 0 Å². The van der Waals surface area contributed by atoms with E-state index < -0.39 is 0 Å². The van der Waals surface area contributed by atoms with Gasteiger partial charge in [-0.15, -0.1) is 0 Å². The van der Waals surface area contributed by atoms with Crippen LogP contribution in [0.5, 0.6) is 17.2 Å². The number of hydrogen-bond acceptors (Lipinski definition) is 6. The van der Waals surface area contributed by atoms with Crippen molar-refractivity contribution in [3.05, 3.63) is 119 Å². The molecule has 0 aliphatic rings. The van der Waals surface area contributed by atoms with Gasteiger partial charge in [-0.1, -0.05) is 42.5 Å². The van der Waals surface area contributed by atoms with E-state index in [0.717, 1.165) is 17.4 Å². The Labute approximate surface area is 235 Å². The first-order valence-corrected chi connectivity index (χ1v) is 13.0. The quantitative estimate of drug-likeness (QED) is 0.236. The van der Waals surface area contributed by atoms with E-state index in [1.54, 1.807) is 31.4 Å². The first kappa shape index (κ1) is 25.8. The molecule has 0 fully saturated rings. The molecule has 2 aromatic heterocycles. The molecule has 6 aromatic rings. The van der Waals surface area contributed by atoms with Crippen LogP contribution in [0.1, 0.15) is 5.56 Å². The number of anilines is 1. The third-order valence-electron chi connectivity index (χ3n) is 6.85. The van der Waals surface area contributed by atoms with Crippen molar-refractivity contribution in [3.8, 4) is 28.4 Å². The van der Waals surface area contributed by atoms with Crippen LogP contribution >= 0.6 is 0 Å². The van der Waals surface area contributed by atoms with Gasteiger partial charge in [-0.25, -0.2) is 0 Å². The molecule has 0 aliphatic carbocycles. The Bertz CT molecular complexity index is 1920. The molecular formula is C33H26N2O6. The van der Waals surface area contributed by atoms with Crippen molar-refractivity contribution in [2.45, 2.75) is 6.54 Å². The van der Waals surface area contributed by atoms with Crippen LogP contribution in [-0.2, 0) is 11.3 Å². The molecule has 0 aliphatic heterocycles. The number of carbonyl (C=O) groups is 1. The van der Waals surface area contributed by atoms with Gasteiger partial charge in [0.2, 0.25) is 5.43 Å². The third kappa shape index (κ3) is 5.35. The highest BCUT2D eigenvalue weighted by Gasteiger charge is 2.15. The number of phenolic OH excluding ortho intramolecular Hbond substituents is 1. The van der Waals surface area contributed by atoms with E-state index in [4.69, 9.17) is 13.9 Å². The molecule has 2 N–H and O–H groups in total. The number of nitrogens with one attached hydrogen (secondary N) is 1. The number of phenols is 1. The Kier molecular flexibility index (Phi) is 6.87. The molecule has 41 heavy (non-hydrogen) atoms. The Hall–Kier alpha value is -5.50. The first-order chi connectivity index (χ1) is 20.0. The Morgan fingerprint density at radius 3 is 2.54 bits per heavy atom. The van der Waals surface area contributed by atoms with Crippen molar-refractivity contribution < 1.29 is 23.8 Å². The predicted octanol–water partition coefficient (Wildman–Crippen LogP) is 6.19. The van der Waals surface area contributed by atoms with Gasteiger partial charge >= 0.3 is 0 Å². The maximum Gasteiger partial charge on any atom is 0.262 e. The molecule has 0 saturated carbocycles. The van der Waals surface area contributed by atoms with Crippen LogP contribution < -0.4 is 20.2 Å². The largest absolute Gasteiger partial charge is 0.507 e. The molecule has 1 amide bonds. The lowest BCUT2D eigenvalue weighted by Crippen LogP contribution is -2.20. The summed E-state index contributed by atoms with van der Waals surface area (Å²) in [6, 6.07) is 27.7. The van der Waals surface area contributed by atoms with E-state index in [-0.39, 0.29) is 40.4 Å². The number of aromatic hydroxyl groups is 1. The van der Waals surface area contributed by atoms with E-state index in [2.05, 4.69) is 22.0 Å². The zero-order valence-electron chi connectivity index (χ0n) is 22.2. The molecule has 0 unspecified atom stereocenters. The summed E-state index contributed by atoms with van der Waals surface area (Å²) >= 11 is 0. The molecule has 4 aromatic carbocycles. The van der Waals surface area contributed by atoms with Crippen molar-refractivity contribution in [2.24, 2.45) is 0 Å². The molecular weight excluding hydrogens is 520 g/mol. The maximum atomic E-state index is 13.1. The van der Waals surface area contributed by atoms with Gasteiger partial charge in [0.1, 0.15) is 34.5 Å². The average molecular weight is 547 g/mol. The number of nitrogens with zero attached hydrogens (tertiary/aromatic N) is 1. The average Bonchev–Trinajstić information content (AvgIpc) is 3.38. The molecule has 0 atom stereocenters. The Morgan fingerprint density at radius 2 is 1.76 bits per heavy atom. The first-order valence-electron chi connectivity index (χ1n) is 13.0. The summed E-state index contributed by atoms with van der Waals surface area (Å²) in [5.41, 5.74) is 3.60. The predicted molar refractivity (Wildman–Crippen MR) is 158 cm³/mol. The molecule has 204 valence electrons. The SMILES string of the molecule is COc1ccc(-c2coc3cc(OCC(=O)Nc4ccc5c(ccn5Cc5ccccc5)c4)cc(O)c3c2=O)cc1. The highest BCUT2D eigenvalue weighted by molar-refractivity contribution is 5.95. The van der Waals surface area contributed by atoms with Crippen molar-refractivity contribution >= 4 is 33.5 Å². The summed E-state index contributed by atoms with van der Waals surface area (Å²) in [5, 5.41) is 14.5. The van der Waals surface area contributed by atoms with E-state index in [1.807, 2.05) is 48.7 Å². The highest BCUT2D eigenvalue weighted by Crippen LogP contribution is 2.31. The van der Waals surface area contributed by atoms with Crippen molar-refractivity contribution in [2.75, 3.05) is 19.0 Å². The summed E-state index contributed by atoms with van der Waals surface area (Å²) in [6.45, 7) is 0.456. The van der Waals surface area contributed by atoms with Gasteiger partial charge in [-0.2, -0.15) is 0 Å². The lowest BCUT2D eigenvalue weighted by molar-refractivity contribution is -0.118. The molecule has 0 saturated heterocycles. The van der Waals surface area contributed by atoms with Crippen LogP contribution in [0.4, 0.5) is 5.69 Å². The smallest absolute Gasteiger partial charge is 0.262 e. The fraction of sp³-hybridized carbons (Fsp3) is 0.0909. The highest BCUT2D eigenvalue weighted by atomic mass is 16.5. The van der Waals surface area contributed by atoms with E-state index in [0.29, 0.717) is 22.6 Å². The standard InChI is InChI=1S/C33H26N2O6/c1-39-25-10-7-22(8-11-25)27-19-41-30-17-26(16-29(36)32(30)33(27)38)40-20-31(37)34-24-9-12-28-23(15-24)13-14-35(28)18-21-5-3-2-4-6-21/h2-17,19,36H,18,20H2,1H3,(H,34,37). The summed E-state index contributed by atoms with van der Waals surface area (Å²) in [7, 11) is 1.56. The molecule has 0 bridgehead atoms. The number of fused-ring (bicyclic) bond motifs is 2. The Balaban J connectivity index is 1.13. The van der Waals surface area contributed by atoms with Crippen molar-refractivity contribution in [3.63, 3.8) is 0 Å². The zero-order valence-corrected chi connectivity index (χ0v) is 22.2. The molecule has 8 heteroatoms. The van der Waals surface area contributed by atoms with Crippen LogP contribution in [0, 0.1) is 0 Å². The molecule has 2 heterocycles. The van der Waals surface area contributed by atoms with Crippen LogP contribution in [0.15, 0.2) is 113 Å². The van der Waals surface area contributed by atoms with Crippen LogP contribution in [0.3, 0.4) is 0 Å². The lowest BCUT2D eigenvalue weighted by Gasteiger charge is -2.10. The number of ether oxygens (including phenoxy) is 2. The number of hydrogen-bond donors (Lipinski definition) is 2. The van der Waals surface area contributed by atoms with Crippen molar-refractivity contribution in [1.29, 1.82) is 0 Å². The minimum atomic E-state index is -0.383. The molecule has 6 rings (SSSR count). The van der Waals surface area contributed by atoms with Gasteiger partial charge in [0.25, 0.3) is 5.91 Å². The van der Waals surface area contributed by atoms with Gasteiger partial charge in [-0.3, -0.25) is 9.59 Å². The van der Waals surface area contributed by atoms with Gasteiger partial charge in [0, 0.05) is 41.5 Å². The fourth-order valence-corrected chi connectivity index (χ4v) is 4.80. The van der Waals surface area contributed by atoms with E-state index in [1.165, 1.54) is 24.0 Å².